The van der Waals surface area contributed by atoms with Crippen LogP contribution >= 0.6 is 23.2 Å². The number of hydrogen-bond donors (Lipinski definition) is 1. The first-order valence-electron chi connectivity index (χ1n) is 9.74. The summed E-state index contributed by atoms with van der Waals surface area (Å²) >= 11 is 11.4. The number of carbonyl (C=O) groups is 2. The zero-order valence-electron chi connectivity index (χ0n) is 16.7. The molecular weight excluding hydrogens is 427 g/mol. The van der Waals surface area contributed by atoms with Crippen LogP contribution in [0, 0.1) is 12.8 Å². The number of aryl methyl sites for hydroxylation is 1. The maximum absolute atomic E-state index is 12.5. The number of halogens is 2. The van der Waals surface area contributed by atoms with Crippen molar-refractivity contribution >= 4 is 45.9 Å². The Morgan fingerprint density at radius 3 is 2.30 bits per heavy atom. The molecule has 0 aliphatic heterocycles. The number of ketones is 2. The smallest absolute Gasteiger partial charge is 0.201 e. The van der Waals surface area contributed by atoms with Crippen LogP contribution in [0.2, 0.25) is 10.3 Å². The van der Waals surface area contributed by atoms with E-state index in [-0.39, 0.29) is 34.1 Å². The van der Waals surface area contributed by atoms with Crippen molar-refractivity contribution in [3.63, 3.8) is 0 Å². The van der Waals surface area contributed by atoms with Crippen LogP contribution in [0.5, 0.6) is 5.75 Å². The van der Waals surface area contributed by atoms with Crippen LogP contribution in [-0.2, 0) is 0 Å². The predicted octanol–water partition coefficient (Wildman–Crippen LogP) is 6.20. The van der Waals surface area contributed by atoms with Gasteiger partial charge in [0.1, 0.15) is 27.3 Å². The summed E-state index contributed by atoms with van der Waals surface area (Å²) in [6.07, 6.45) is 5.46. The largest absolute Gasteiger partial charge is 0.506 e. The Hall–Kier alpha value is -2.44. The lowest BCUT2D eigenvalue weighted by molar-refractivity contribution is 0.0861. The monoisotopic (exact) mass is 448 g/mol. The highest BCUT2D eigenvalue weighted by atomic mass is 35.5. The minimum absolute atomic E-state index is 0.0116. The molecule has 0 radical (unpaired) electrons. The van der Waals surface area contributed by atoms with E-state index in [2.05, 4.69) is 9.97 Å². The van der Waals surface area contributed by atoms with Gasteiger partial charge in [-0.1, -0.05) is 42.5 Å². The van der Waals surface area contributed by atoms with Gasteiger partial charge in [0, 0.05) is 18.4 Å². The normalized spacial score (nSPS) is 14.3. The highest BCUT2D eigenvalue weighted by Crippen LogP contribution is 2.31. The third-order valence-electron chi connectivity index (χ3n) is 5.11. The first kappa shape index (κ1) is 22.2. The second-order valence-corrected chi connectivity index (χ2v) is 8.07. The Morgan fingerprint density at radius 1 is 1.03 bits per heavy atom. The van der Waals surface area contributed by atoms with Crippen LogP contribution < -0.4 is 0 Å². The molecule has 4 rings (SSSR count). The summed E-state index contributed by atoms with van der Waals surface area (Å²) in [6, 6.07) is 6.21. The number of aromatic hydroxyl groups is 1. The fraction of sp³-hybridized carbons (Fsp3) is 0.364. The van der Waals surface area contributed by atoms with E-state index in [0.29, 0.717) is 22.0 Å². The zero-order valence-corrected chi connectivity index (χ0v) is 18.3. The topological polar surface area (TPSA) is 93.3 Å². The summed E-state index contributed by atoms with van der Waals surface area (Å²) in [4.78, 5) is 31.1. The van der Waals surface area contributed by atoms with Gasteiger partial charge in [0.15, 0.2) is 17.1 Å². The Balaban J connectivity index is 0.000000199. The van der Waals surface area contributed by atoms with Crippen LogP contribution in [0.4, 0.5) is 0 Å². The van der Waals surface area contributed by atoms with Gasteiger partial charge in [-0.05, 0) is 44.0 Å². The Kier molecular flexibility index (Phi) is 7.10. The number of aromatic nitrogens is 2. The number of rotatable bonds is 3. The van der Waals surface area contributed by atoms with E-state index in [4.69, 9.17) is 32.7 Å². The van der Waals surface area contributed by atoms with Crippen molar-refractivity contribution < 1.29 is 19.1 Å². The summed E-state index contributed by atoms with van der Waals surface area (Å²) in [5, 5.41) is 9.69. The van der Waals surface area contributed by atoms with E-state index in [1.807, 2.05) is 6.92 Å². The van der Waals surface area contributed by atoms with Crippen molar-refractivity contribution in [2.45, 2.75) is 46.0 Å². The van der Waals surface area contributed by atoms with E-state index in [1.54, 1.807) is 12.1 Å². The lowest BCUT2D eigenvalue weighted by atomic mass is 9.85. The van der Waals surface area contributed by atoms with Crippen LogP contribution in [0.25, 0.3) is 11.1 Å². The van der Waals surface area contributed by atoms with E-state index >= 15 is 0 Å². The van der Waals surface area contributed by atoms with E-state index in [1.165, 1.54) is 25.5 Å². The van der Waals surface area contributed by atoms with Gasteiger partial charge in [0.25, 0.3) is 0 Å². The fourth-order valence-electron chi connectivity index (χ4n) is 3.54. The first-order valence-corrected chi connectivity index (χ1v) is 10.5. The lowest BCUT2D eigenvalue weighted by Gasteiger charge is -2.19. The zero-order chi connectivity index (χ0) is 21.8. The van der Waals surface area contributed by atoms with Gasteiger partial charge < -0.3 is 9.52 Å². The molecule has 1 aliphatic rings. The number of pyridine rings is 2. The summed E-state index contributed by atoms with van der Waals surface area (Å²) in [5.74, 6) is 0.276. The minimum Gasteiger partial charge on any atom is -0.506 e. The van der Waals surface area contributed by atoms with Crippen LogP contribution in [0.1, 0.15) is 65.6 Å². The third kappa shape index (κ3) is 4.99. The molecule has 0 saturated heterocycles. The summed E-state index contributed by atoms with van der Waals surface area (Å²) in [6.45, 7) is 3.20. The molecule has 0 spiro atoms. The predicted molar refractivity (Wildman–Crippen MR) is 116 cm³/mol. The van der Waals surface area contributed by atoms with E-state index in [9.17, 15) is 9.59 Å². The number of furan rings is 1. The highest BCUT2D eigenvalue weighted by molar-refractivity contribution is 6.30. The fourth-order valence-corrected chi connectivity index (χ4v) is 3.83. The third-order valence-corrected chi connectivity index (χ3v) is 5.53. The average molecular weight is 449 g/mol. The van der Waals surface area contributed by atoms with Gasteiger partial charge in [-0.15, -0.1) is 0 Å². The molecule has 0 bridgehead atoms. The van der Waals surface area contributed by atoms with E-state index < -0.39 is 0 Å². The highest BCUT2D eigenvalue weighted by Gasteiger charge is 2.27. The lowest BCUT2D eigenvalue weighted by Crippen LogP contribution is -2.18. The average Bonchev–Trinajstić information content (AvgIpc) is 3.06. The second-order valence-electron chi connectivity index (χ2n) is 7.29. The molecule has 0 amide bonds. The SMILES string of the molecule is CC(=O)c1nc(Cl)ccc1O.Cc1c(C(=O)C2CCCCC2)oc2ccc(Cl)nc12. The van der Waals surface area contributed by atoms with Crippen molar-refractivity contribution in [1.82, 2.24) is 9.97 Å². The maximum atomic E-state index is 12.5. The number of fused-ring (bicyclic) bond motifs is 1. The summed E-state index contributed by atoms with van der Waals surface area (Å²) in [5.41, 5.74) is 2.17. The maximum Gasteiger partial charge on any atom is 0.201 e. The summed E-state index contributed by atoms with van der Waals surface area (Å²) in [7, 11) is 0. The van der Waals surface area contributed by atoms with Gasteiger partial charge in [-0.2, -0.15) is 0 Å². The van der Waals surface area contributed by atoms with Crippen molar-refractivity contribution in [1.29, 1.82) is 0 Å². The molecule has 0 atom stereocenters. The van der Waals surface area contributed by atoms with Crippen molar-refractivity contribution in [3.8, 4) is 5.75 Å². The number of nitrogens with zero attached hydrogens (tertiary/aromatic N) is 2. The summed E-state index contributed by atoms with van der Waals surface area (Å²) < 4.78 is 5.70. The molecule has 1 fully saturated rings. The Labute approximate surface area is 184 Å². The first-order chi connectivity index (χ1) is 14.3. The number of carbonyl (C=O) groups excluding carboxylic acids is 2. The molecule has 3 heterocycles. The van der Waals surface area contributed by atoms with E-state index in [0.717, 1.165) is 31.2 Å². The molecule has 30 heavy (non-hydrogen) atoms. The number of Topliss-reactive ketones (excluding diaryl/α,β-unsaturated/α-hetero) is 2. The van der Waals surface area contributed by atoms with Crippen molar-refractivity contribution in [2.75, 3.05) is 0 Å². The van der Waals surface area contributed by atoms with Crippen molar-refractivity contribution in [2.24, 2.45) is 5.92 Å². The molecule has 0 unspecified atom stereocenters. The number of hydrogen-bond acceptors (Lipinski definition) is 6. The Bertz CT molecular complexity index is 1090. The van der Waals surface area contributed by atoms with Crippen LogP contribution in [-0.4, -0.2) is 26.6 Å². The molecule has 158 valence electrons. The van der Waals surface area contributed by atoms with Gasteiger partial charge in [0.05, 0.1) is 0 Å². The molecule has 1 N–H and O–H groups in total. The molecule has 3 aromatic rings. The quantitative estimate of drug-likeness (QED) is 0.378. The minimum atomic E-state index is -0.301. The molecule has 3 aromatic heterocycles. The molecule has 1 saturated carbocycles. The van der Waals surface area contributed by atoms with Gasteiger partial charge in [-0.3, -0.25) is 9.59 Å². The van der Waals surface area contributed by atoms with Crippen LogP contribution in [0.3, 0.4) is 0 Å². The Morgan fingerprint density at radius 2 is 1.67 bits per heavy atom. The second kappa shape index (κ2) is 9.58. The van der Waals surface area contributed by atoms with Gasteiger partial charge >= 0.3 is 0 Å². The van der Waals surface area contributed by atoms with Gasteiger partial charge in [-0.25, -0.2) is 9.97 Å². The van der Waals surface area contributed by atoms with Crippen LogP contribution in [0.15, 0.2) is 28.7 Å². The van der Waals surface area contributed by atoms with Gasteiger partial charge in [0.2, 0.25) is 5.78 Å². The molecule has 6 nitrogen and oxygen atoms in total. The standard InChI is InChI=1S/C15H16ClNO2.C7H6ClNO2/c1-9-13-11(7-8-12(16)17-13)19-15(9)14(18)10-5-3-2-4-6-10;1-4(10)7-5(11)2-3-6(8)9-7/h7-8,10H,2-6H2,1H3;2-3,11H,1H3. The molecule has 0 aromatic carbocycles. The molecular formula is C22H22Cl2N2O4. The molecule has 8 heteroatoms. The van der Waals surface area contributed by atoms with Crippen molar-refractivity contribution in [3.05, 3.63) is 51.6 Å². The molecule has 1 aliphatic carbocycles.